The van der Waals surface area contributed by atoms with Gasteiger partial charge in [-0.1, -0.05) is 34.8 Å². The van der Waals surface area contributed by atoms with Crippen LogP contribution in [0.25, 0.3) is 0 Å². The average molecular weight is 402 g/mol. The van der Waals surface area contributed by atoms with Crippen molar-refractivity contribution >= 4 is 58.0 Å². The van der Waals surface area contributed by atoms with Crippen LogP contribution in [0.4, 0.5) is 11.4 Å². The van der Waals surface area contributed by atoms with Crippen LogP contribution in [0.15, 0.2) is 36.4 Å². The zero-order chi connectivity index (χ0) is 18.6. The van der Waals surface area contributed by atoms with Gasteiger partial charge in [0.15, 0.2) is 6.10 Å². The highest BCUT2D eigenvalue weighted by atomic mass is 35.5. The monoisotopic (exact) mass is 400 g/mol. The van der Waals surface area contributed by atoms with Gasteiger partial charge in [-0.15, -0.1) is 0 Å². The largest absolute Gasteiger partial charge is 0.479 e. The lowest BCUT2D eigenvalue weighted by Crippen LogP contribution is -2.30. The maximum atomic E-state index is 12.3. The van der Waals surface area contributed by atoms with Gasteiger partial charge in [0.2, 0.25) is 5.91 Å². The van der Waals surface area contributed by atoms with Crippen molar-refractivity contribution in [1.29, 1.82) is 0 Å². The molecule has 0 aliphatic carbocycles. The summed E-state index contributed by atoms with van der Waals surface area (Å²) in [7, 11) is 0. The number of carbonyl (C=O) groups is 2. The minimum absolute atomic E-state index is 0.213. The summed E-state index contributed by atoms with van der Waals surface area (Å²) in [5.41, 5.74) is 0.936. The van der Waals surface area contributed by atoms with Crippen LogP contribution in [0.2, 0.25) is 15.1 Å². The molecule has 2 rings (SSSR count). The predicted molar refractivity (Wildman–Crippen MR) is 101 cm³/mol. The Labute approximate surface area is 160 Å². The minimum Gasteiger partial charge on any atom is -0.479 e. The van der Waals surface area contributed by atoms with Gasteiger partial charge in [0.1, 0.15) is 5.75 Å². The van der Waals surface area contributed by atoms with Crippen molar-refractivity contribution in [3.63, 3.8) is 0 Å². The van der Waals surface area contributed by atoms with Crippen LogP contribution in [-0.4, -0.2) is 17.9 Å². The Morgan fingerprint density at radius 3 is 2.32 bits per heavy atom. The number of hydrogen-bond donors (Lipinski definition) is 2. The molecule has 0 heterocycles. The third kappa shape index (κ3) is 5.53. The van der Waals surface area contributed by atoms with E-state index in [1.807, 2.05) is 0 Å². The van der Waals surface area contributed by atoms with E-state index in [2.05, 4.69) is 10.6 Å². The summed E-state index contributed by atoms with van der Waals surface area (Å²) in [6.45, 7) is 2.98. The van der Waals surface area contributed by atoms with Crippen molar-refractivity contribution in [2.24, 2.45) is 0 Å². The Bertz CT molecular complexity index is 812. The van der Waals surface area contributed by atoms with Crippen molar-refractivity contribution in [3.05, 3.63) is 51.5 Å². The summed E-state index contributed by atoms with van der Waals surface area (Å²) in [6, 6.07) is 9.49. The second kappa shape index (κ2) is 8.43. The molecule has 25 heavy (non-hydrogen) atoms. The van der Waals surface area contributed by atoms with E-state index in [4.69, 9.17) is 39.5 Å². The summed E-state index contributed by atoms with van der Waals surface area (Å²) in [5, 5.41) is 6.34. The van der Waals surface area contributed by atoms with E-state index in [1.165, 1.54) is 13.0 Å². The normalized spacial score (nSPS) is 11.6. The molecular formula is C17H15Cl3N2O3. The molecule has 0 bridgehead atoms. The number of nitrogens with one attached hydrogen (secondary N) is 2. The summed E-state index contributed by atoms with van der Waals surface area (Å²) < 4.78 is 5.55. The van der Waals surface area contributed by atoms with Gasteiger partial charge in [0.05, 0.1) is 15.7 Å². The third-order valence-corrected chi connectivity index (χ3v) is 3.96. The standard InChI is InChI=1S/C17H15Cl3N2O3/c1-9(25-16-6-3-11(18)7-14(16)20)17(24)22-15-5-4-12(8-13(15)19)21-10(2)23/h3-9H,1-2H3,(H,21,23)(H,22,24). The van der Waals surface area contributed by atoms with E-state index in [1.54, 1.807) is 37.3 Å². The molecule has 2 amide bonds. The molecule has 2 N–H and O–H groups in total. The second-order valence-electron chi connectivity index (χ2n) is 5.20. The molecule has 2 aromatic rings. The molecule has 1 atom stereocenters. The van der Waals surface area contributed by atoms with Crippen LogP contribution >= 0.6 is 34.8 Å². The van der Waals surface area contributed by atoms with Gasteiger partial charge >= 0.3 is 0 Å². The van der Waals surface area contributed by atoms with Gasteiger partial charge in [-0.05, 0) is 43.3 Å². The number of hydrogen-bond acceptors (Lipinski definition) is 3. The predicted octanol–water partition coefficient (Wildman–Crippen LogP) is 5.01. The molecule has 5 nitrogen and oxygen atoms in total. The van der Waals surface area contributed by atoms with Crippen LogP contribution in [0.5, 0.6) is 5.75 Å². The summed E-state index contributed by atoms with van der Waals surface area (Å²) >= 11 is 18.0. The lowest BCUT2D eigenvalue weighted by atomic mass is 10.2. The highest BCUT2D eigenvalue weighted by molar-refractivity contribution is 6.35. The number of benzene rings is 2. The fourth-order valence-electron chi connectivity index (χ4n) is 1.95. The minimum atomic E-state index is -0.815. The first-order valence-corrected chi connectivity index (χ1v) is 8.39. The molecule has 0 spiro atoms. The fourth-order valence-corrected chi connectivity index (χ4v) is 2.63. The maximum absolute atomic E-state index is 12.3. The number of halogens is 3. The van der Waals surface area contributed by atoms with Gasteiger partial charge < -0.3 is 15.4 Å². The molecule has 2 aromatic carbocycles. The fraction of sp³-hybridized carbons (Fsp3) is 0.176. The Hall–Kier alpha value is -1.95. The Morgan fingerprint density at radius 1 is 1.00 bits per heavy atom. The molecule has 0 saturated carbocycles. The number of ether oxygens (including phenoxy) is 1. The highest BCUT2D eigenvalue weighted by Gasteiger charge is 2.17. The second-order valence-corrected chi connectivity index (χ2v) is 6.45. The Kier molecular flexibility index (Phi) is 6.53. The van der Waals surface area contributed by atoms with Gasteiger partial charge in [-0.3, -0.25) is 9.59 Å². The Balaban J connectivity index is 2.04. The van der Waals surface area contributed by atoms with E-state index in [0.717, 1.165) is 0 Å². The van der Waals surface area contributed by atoms with Crippen LogP contribution in [0.1, 0.15) is 13.8 Å². The number of carbonyl (C=O) groups excluding carboxylic acids is 2. The smallest absolute Gasteiger partial charge is 0.265 e. The van der Waals surface area contributed by atoms with Crippen molar-refractivity contribution in [3.8, 4) is 5.75 Å². The van der Waals surface area contributed by atoms with Crippen molar-refractivity contribution in [2.45, 2.75) is 20.0 Å². The maximum Gasteiger partial charge on any atom is 0.265 e. The lowest BCUT2D eigenvalue weighted by molar-refractivity contribution is -0.122. The quantitative estimate of drug-likeness (QED) is 0.740. The van der Waals surface area contributed by atoms with Crippen LogP contribution in [0.3, 0.4) is 0 Å². The first kappa shape index (κ1) is 19.4. The zero-order valence-corrected chi connectivity index (χ0v) is 15.7. The van der Waals surface area contributed by atoms with Gasteiger partial charge in [-0.25, -0.2) is 0 Å². The highest BCUT2D eigenvalue weighted by Crippen LogP contribution is 2.29. The summed E-state index contributed by atoms with van der Waals surface area (Å²) in [5.74, 6) is -0.268. The van der Waals surface area contributed by atoms with Gasteiger partial charge in [-0.2, -0.15) is 0 Å². The van der Waals surface area contributed by atoms with E-state index in [0.29, 0.717) is 27.2 Å². The zero-order valence-electron chi connectivity index (χ0n) is 13.4. The summed E-state index contributed by atoms with van der Waals surface area (Å²) in [4.78, 5) is 23.3. The molecule has 8 heteroatoms. The van der Waals surface area contributed by atoms with Crippen LogP contribution in [-0.2, 0) is 9.59 Å². The van der Waals surface area contributed by atoms with Gasteiger partial charge in [0.25, 0.3) is 5.91 Å². The average Bonchev–Trinajstić information content (AvgIpc) is 2.52. The third-order valence-electron chi connectivity index (χ3n) is 3.11. The summed E-state index contributed by atoms with van der Waals surface area (Å²) in [6.07, 6.45) is -0.815. The van der Waals surface area contributed by atoms with Crippen molar-refractivity contribution in [1.82, 2.24) is 0 Å². The van der Waals surface area contributed by atoms with E-state index in [9.17, 15) is 9.59 Å². The van der Waals surface area contributed by atoms with E-state index in [-0.39, 0.29) is 10.9 Å². The van der Waals surface area contributed by atoms with E-state index < -0.39 is 12.0 Å². The lowest BCUT2D eigenvalue weighted by Gasteiger charge is -2.16. The Morgan fingerprint density at radius 2 is 1.72 bits per heavy atom. The van der Waals surface area contributed by atoms with Crippen molar-refractivity contribution < 1.29 is 14.3 Å². The first-order chi connectivity index (χ1) is 11.8. The van der Waals surface area contributed by atoms with Crippen LogP contribution < -0.4 is 15.4 Å². The molecule has 0 fully saturated rings. The van der Waals surface area contributed by atoms with Gasteiger partial charge in [0, 0.05) is 17.6 Å². The SMILES string of the molecule is CC(=O)Nc1ccc(NC(=O)C(C)Oc2ccc(Cl)cc2Cl)c(Cl)c1. The molecular weight excluding hydrogens is 387 g/mol. The molecule has 0 radical (unpaired) electrons. The topological polar surface area (TPSA) is 67.4 Å². The molecule has 0 aliphatic heterocycles. The molecule has 0 aliphatic rings. The van der Waals surface area contributed by atoms with Crippen LogP contribution in [0, 0.1) is 0 Å². The molecule has 132 valence electrons. The van der Waals surface area contributed by atoms with E-state index >= 15 is 0 Å². The molecule has 1 unspecified atom stereocenters. The molecule has 0 aromatic heterocycles. The number of amides is 2. The first-order valence-electron chi connectivity index (χ1n) is 7.26. The molecule has 0 saturated heterocycles. The number of anilines is 2. The van der Waals surface area contributed by atoms with Crippen molar-refractivity contribution in [2.75, 3.05) is 10.6 Å². The number of rotatable bonds is 5.